The first kappa shape index (κ1) is 26.8. The normalized spacial score (nSPS) is 20.8. The van der Waals surface area contributed by atoms with Gasteiger partial charge in [-0.25, -0.2) is 8.78 Å². The van der Waals surface area contributed by atoms with Crippen molar-refractivity contribution in [2.75, 3.05) is 11.9 Å². The number of nitrogens with one attached hydrogen (secondary N) is 2. The highest BCUT2D eigenvalue weighted by molar-refractivity contribution is 6.21. The fraction of sp³-hybridized carbons (Fsp3) is 0.387. The molecule has 2 unspecified atom stereocenters. The molecule has 1 aromatic carbocycles. The Morgan fingerprint density at radius 1 is 1.28 bits per heavy atom. The summed E-state index contributed by atoms with van der Waals surface area (Å²) < 4.78 is 35.3. The number of halogens is 2. The Balaban J connectivity index is 1.54. The number of rotatable bonds is 8. The molecule has 1 aromatic heterocycles. The van der Waals surface area contributed by atoms with Crippen LogP contribution in [0.4, 0.5) is 14.5 Å². The van der Waals surface area contributed by atoms with Gasteiger partial charge in [0.1, 0.15) is 17.3 Å². The van der Waals surface area contributed by atoms with Gasteiger partial charge >= 0.3 is 0 Å². The van der Waals surface area contributed by atoms with E-state index in [1.54, 1.807) is 13.0 Å². The average molecular weight is 533 g/mol. The highest BCUT2D eigenvalue weighted by Gasteiger charge is 2.58. The van der Waals surface area contributed by atoms with Crippen molar-refractivity contribution >= 4 is 22.9 Å². The van der Waals surface area contributed by atoms with E-state index in [-0.39, 0.29) is 45.6 Å². The number of nitrogens with zero attached hydrogens (tertiary/aromatic N) is 1. The molecular formula is C31H34F2N4O2. The third-order valence-electron chi connectivity index (χ3n) is 8.20. The molecule has 2 fully saturated rings. The van der Waals surface area contributed by atoms with E-state index < -0.39 is 17.6 Å². The van der Waals surface area contributed by atoms with Crippen molar-refractivity contribution in [2.45, 2.75) is 52.4 Å². The summed E-state index contributed by atoms with van der Waals surface area (Å²) in [5, 5.41) is 10.9. The molecule has 1 spiro atoms. The molecule has 3 aliphatic rings. The van der Waals surface area contributed by atoms with Gasteiger partial charge in [-0.05, 0) is 75.1 Å². The van der Waals surface area contributed by atoms with E-state index in [1.807, 2.05) is 13.0 Å². The van der Waals surface area contributed by atoms with Gasteiger partial charge in [0.2, 0.25) is 5.91 Å². The lowest BCUT2D eigenvalue weighted by Gasteiger charge is -2.40. The van der Waals surface area contributed by atoms with Gasteiger partial charge in [-0.3, -0.25) is 9.78 Å². The van der Waals surface area contributed by atoms with Crippen molar-refractivity contribution in [1.29, 1.82) is 5.41 Å². The van der Waals surface area contributed by atoms with Crippen LogP contribution in [0.15, 0.2) is 60.0 Å². The van der Waals surface area contributed by atoms with Crippen LogP contribution in [0.25, 0.3) is 5.57 Å². The molecule has 4 N–H and O–H groups in total. The first-order chi connectivity index (χ1) is 18.6. The maximum atomic E-state index is 15.2. The van der Waals surface area contributed by atoms with Crippen LogP contribution >= 0.6 is 0 Å². The zero-order valence-corrected chi connectivity index (χ0v) is 22.5. The van der Waals surface area contributed by atoms with Crippen molar-refractivity contribution in [2.24, 2.45) is 23.0 Å². The Hall–Kier alpha value is -3.81. The van der Waals surface area contributed by atoms with Gasteiger partial charge in [-0.2, -0.15) is 0 Å². The smallest absolute Gasteiger partial charge is 0.232 e. The number of hydrogen-bond acceptors (Lipinski definition) is 5. The highest BCUT2D eigenvalue weighted by Crippen LogP contribution is 2.64. The Bertz CT molecular complexity index is 1430. The Kier molecular flexibility index (Phi) is 6.91. The van der Waals surface area contributed by atoms with Gasteiger partial charge < -0.3 is 21.2 Å². The van der Waals surface area contributed by atoms with Gasteiger partial charge in [0, 0.05) is 40.4 Å². The number of allylic oxidation sites excluding steroid dienone is 4. The molecule has 204 valence electrons. The van der Waals surface area contributed by atoms with Gasteiger partial charge in [-0.1, -0.05) is 18.7 Å². The van der Waals surface area contributed by atoms with Crippen LogP contribution in [0.2, 0.25) is 0 Å². The molecule has 8 heteroatoms. The summed E-state index contributed by atoms with van der Waals surface area (Å²) >= 11 is 0. The van der Waals surface area contributed by atoms with Crippen LogP contribution in [-0.2, 0) is 4.79 Å². The van der Waals surface area contributed by atoms with E-state index in [0.717, 1.165) is 42.4 Å². The van der Waals surface area contributed by atoms with Crippen molar-refractivity contribution < 1.29 is 18.3 Å². The number of carbonyl (C=O) groups is 1. The molecule has 2 atom stereocenters. The monoisotopic (exact) mass is 532 g/mol. The molecule has 2 aromatic rings. The average Bonchev–Trinajstić information content (AvgIpc) is 3.80. The van der Waals surface area contributed by atoms with E-state index >= 15 is 4.39 Å². The van der Waals surface area contributed by atoms with Crippen LogP contribution in [0.5, 0.6) is 5.75 Å². The van der Waals surface area contributed by atoms with E-state index in [9.17, 15) is 9.18 Å². The number of carbonyl (C=O) groups excluding carboxylic acids is 1. The van der Waals surface area contributed by atoms with E-state index in [1.165, 1.54) is 31.3 Å². The van der Waals surface area contributed by atoms with Crippen molar-refractivity contribution in [3.8, 4) is 5.75 Å². The quantitative estimate of drug-likeness (QED) is 0.266. The Labute approximate surface area is 227 Å². The van der Waals surface area contributed by atoms with E-state index in [0.29, 0.717) is 18.3 Å². The Morgan fingerprint density at radius 3 is 2.56 bits per heavy atom. The molecule has 2 aliphatic carbocycles. The van der Waals surface area contributed by atoms with E-state index in [2.05, 4.69) is 16.9 Å². The van der Waals surface area contributed by atoms with Gasteiger partial charge in [0.05, 0.1) is 24.4 Å². The summed E-state index contributed by atoms with van der Waals surface area (Å²) in [4.78, 5) is 18.4. The van der Waals surface area contributed by atoms with Crippen LogP contribution in [0, 0.1) is 34.3 Å². The summed E-state index contributed by atoms with van der Waals surface area (Å²) in [6, 6.07) is 5.71. The molecule has 39 heavy (non-hydrogen) atoms. The van der Waals surface area contributed by atoms with Gasteiger partial charge in [0.25, 0.3) is 0 Å². The summed E-state index contributed by atoms with van der Waals surface area (Å²) in [6.45, 7) is 9.78. The minimum atomic E-state index is -0.685. The second-order valence-corrected chi connectivity index (χ2v) is 11.1. The molecule has 6 nitrogen and oxygen atoms in total. The minimum absolute atomic E-state index is 0.0365. The molecule has 1 aliphatic heterocycles. The maximum Gasteiger partial charge on any atom is 0.232 e. The number of ether oxygens (including phenoxy) is 1. The predicted octanol–water partition coefficient (Wildman–Crippen LogP) is 6.51. The molecule has 5 rings (SSSR count). The first-order valence-corrected chi connectivity index (χ1v) is 13.3. The zero-order valence-electron chi connectivity index (χ0n) is 22.5. The second kappa shape index (κ2) is 10.1. The molecule has 1 amide bonds. The fourth-order valence-corrected chi connectivity index (χ4v) is 5.95. The number of amides is 1. The topological polar surface area (TPSA) is 101 Å². The second-order valence-electron chi connectivity index (χ2n) is 11.1. The number of pyridine rings is 1. The molecule has 0 radical (unpaired) electrons. The van der Waals surface area contributed by atoms with E-state index in [4.69, 9.17) is 15.9 Å². The van der Waals surface area contributed by atoms with Crippen LogP contribution < -0.4 is 15.8 Å². The Morgan fingerprint density at radius 2 is 2.00 bits per heavy atom. The fourth-order valence-electron chi connectivity index (χ4n) is 5.95. The molecule has 2 heterocycles. The highest BCUT2D eigenvalue weighted by atomic mass is 19.1. The molecule has 2 saturated carbocycles. The van der Waals surface area contributed by atoms with Crippen LogP contribution in [0.3, 0.4) is 0 Å². The van der Waals surface area contributed by atoms with Crippen LogP contribution in [0.1, 0.15) is 63.6 Å². The number of fused-ring (bicyclic) bond motifs is 1. The number of aromatic nitrogens is 1. The molecule has 0 saturated heterocycles. The standard InChI is InChI=1S/C31H34F2N4O2/c1-5-22(16(2)19-6-7-19)27(28-23-9-8-20(32)12-25(23)39-15-31(28)10-11-31)30(38)37-21-13-24(33)29(36-14-21)26(17(3)34)18(4)35/h5,8-9,12-14,19,27-28,34H,2,6-7,10-11,15,35H2,1,3-4H3,(H,37,38)/b22-5+,26-18+,34-17?. The predicted molar refractivity (Wildman–Crippen MR) is 148 cm³/mol. The van der Waals surface area contributed by atoms with Crippen LogP contribution in [-0.4, -0.2) is 23.2 Å². The molecular weight excluding hydrogens is 498 g/mol. The van der Waals surface area contributed by atoms with Crippen molar-refractivity contribution in [3.63, 3.8) is 0 Å². The zero-order chi connectivity index (χ0) is 28.1. The first-order valence-electron chi connectivity index (χ1n) is 13.3. The number of anilines is 1. The van der Waals surface area contributed by atoms with Gasteiger partial charge in [0.15, 0.2) is 5.82 Å². The lowest BCUT2D eigenvalue weighted by Crippen LogP contribution is -2.39. The largest absolute Gasteiger partial charge is 0.493 e. The SMILES string of the molecule is C=C(/C(=C\C)C(C(=O)Nc1cnc(/C(C(C)=N)=C(\C)N)c(F)c1)C1c2ccc(F)cc2OCC12CC2)C1CC1. The lowest BCUT2D eigenvalue weighted by atomic mass is 9.68. The lowest BCUT2D eigenvalue weighted by molar-refractivity contribution is -0.120. The molecule has 0 bridgehead atoms. The number of nitrogens with two attached hydrogens (primary N) is 1. The summed E-state index contributed by atoms with van der Waals surface area (Å²) in [6.07, 6.45) is 7.19. The van der Waals surface area contributed by atoms with Crippen molar-refractivity contribution in [3.05, 3.63) is 82.9 Å². The summed E-state index contributed by atoms with van der Waals surface area (Å²) in [7, 11) is 0. The minimum Gasteiger partial charge on any atom is -0.493 e. The van der Waals surface area contributed by atoms with Gasteiger partial charge in [-0.15, -0.1) is 0 Å². The van der Waals surface area contributed by atoms with Crippen molar-refractivity contribution in [1.82, 2.24) is 4.98 Å². The summed E-state index contributed by atoms with van der Waals surface area (Å²) in [5.74, 6) is -1.48. The number of hydrogen-bond donors (Lipinski definition) is 3. The third kappa shape index (κ3) is 5.00. The summed E-state index contributed by atoms with van der Waals surface area (Å²) in [5.41, 5.74) is 9.01. The maximum absolute atomic E-state index is 15.2. The third-order valence-corrected chi connectivity index (χ3v) is 8.20. The number of benzene rings is 1.